The fourth-order valence-corrected chi connectivity index (χ4v) is 2.98. The lowest BCUT2D eigenvalue weighted by atomic mass is 10.3. The molecule has 190 valence electrons. The first kappa shape index (κ1) is 28.0. The van der Waals surface area contributed by atoms with Crippen molar-refractivity contribution in [2.24, 2.45) is 5.28 Å². The van der Waals surface area contributed by atoms with Crippen LogP contribution in [-0.2, 0) is 9.59 Å². The van der Waals surface area contributed by atoms with Crippen molar-refractivity contribution < 1.29 is 50.1 Å². The van der Waals surface area contributed by atoms with E-state index in [1.807, 2.05) is 0 Å². The predicted molar refractivity (Wildman–Crippen MR) is 93.6 cm³/mol. The van der Waals surface area contributed by atoms with E-state index in [1.54, 1.807) is 0 Å². The normalized spacial score (nSPS) is 18.7. The van der Waals surface area contributed by atoms with Crippen LogP contribution < -0.4 is 0 Å². The molecule has 0 aromatic heterocycles. The van der Waals surface area contributed by atoms with Crippen molar-refractivity contribution in [3.05, 3.63) is 10.4 Å². The van der Waals surface area contributed by atoms with Gasteiger partial charge < -0.3 is 25.1 Å². The number of rotatable bonds is 1. The standard InChI is InChI=1S/C15H21F7N6O5/c16-13(31)26-5-2-6-27(28(33)23-32)10-9-25(12(30)15(20,21)22)4-1-3-24(7-8-26)11(29)14(17,18)19/h32H,1-10H2/p-1/b28-23-. The number of halogens is 7. The van der Waals surface area contributed by atoms with E-state index in [0.29, 0.717) is 9.91 Å². The number of nitrogens with zero attached hydrogens (tertiary/aromatic N) is 6. The molecule has 0 radical (unpaired) electrons. The number of amides is 3. The fraction of sp³-hybridized carbons (Fsp3) is 0.800. The second kappa shape index (κ2) is 11.7. The molecule has 0 aromatic rings. The molecule has 0 unspecified atom stereocenters. The zero-order valence-electron chi connectivity index (χ0n) is 16.9. The van der Waals surface area contributed by atoms with E-state index in [2.05, 4.69) is 5.28 Å². The fourth-order valence-electron chi connectivity index (χ4n) is 2.98. The van der Waals surface area contributed by atoms with Gasteiger partial charge in [-0.3, -0.25) is 9.59 Å². The summed E-state index contributed by atoms with van der Waals surface area (Å²) in [7, 11) is 0. The third-order valence-electron chi connectivity index (χ3n) is 4.59. The Bertz CT molecular complexity index is 733. The highest BCUT2D eigenvalue weighted by Crippen LogP contribution is 2.21. The molecule has 1 fully saturated rings. The molecule has 0 aromatic carbocycles. The van der Waals surface area contributed by atoms with Gasteiger partial charge in [0.1, 0.15) is 0 Å². The monoisotopic (exact) mass is 497 g/mol. The molecular formula is C15H20F7N6O5-. The van der Waals surface area contributed by atoms with E-state index in [9.17, 15) is 55.5 Å². The van der Waals surface area contributed by atoms with Gasteiger partial charge in [0.05, 0.1) is 13.1 Å². The maximum absolute atomic E-state index is 13.3. The number of hydrogen-bond acceptors (Lipinski definition) is 6. The van der Waals surface area contributed by atoms with Gasteiger partial charge in [-0.05, 0) is 18.1 Å². The first-order chi connectivity index (χ1) is 15.2. The molecule has 3 amide bonds. The van der Waals surface area contributed by atoms with Crippen LogP contribution in [0.15, 0.2) is 5.28 Å². The van der Waals surface area contributed by atoms with E-state index in [4.69, 9.17) is 0 Å². The quantitative estimate of drug-likeness (QED) is 0.135. The van der Waals surface area contributed by atoms with Crippen LogP contribution in [0.5, 0.6) is 0 Å². The number of hydrazine groups is 1. The molecule has 1 aliphatic rings. The van der Waals surface area contributed by atoms with Crippen LogP contribution in [0.3, 0.4) is 0 Å². The third kappa shape index (κ3) is 8.76. The summed E-state index contributed by atoms with van der Waals surface area (Å²) in [6.45, 7) is -5.29. The molecule has 0 spiro atoms. The number of carbonyl (C=O) groups excluding carboxylic acids is 3. The molecule has 1 aliphatic heterocycles. The topological polar surface area (TPSA) is 126 Å². The molecule has 1 heterocycles. The van der Waals surface area contributed by atoms with Crippen LogP contribution >= 0.6 is 0 Å². The Kier molecular flexibility index (Phi) is 9.90. The molecule has 0 aliphatic carbocycles. The van der Waals surface area contributed by atoms with E-state index >= 15 is 0 Å². The summed E-state index contributed by atoms with van der Waals surface area (Å²) in [4.78, 5) is 34.8. The second-order valence-electron chi connectivity index (χ2n) is 6.82. The maximum atomic E-state index is 13.3. The van der Waals surface area contributed by atoms with E-state index < -0.39 is 94.1 Å². The lowest BCUT2D eigenvalue weighted by Gasteiger charge is -2.30. The second-order valence-corrected chi connectivity index (χ2v) is 6.82. The van der Waals surface area contributed by atoms with E-state index in [-0.39, 0.29) is 16.2 Å². The number of carbonyl (C=O) groups is 3. The highest BCUT2D eigenvalue weighted by atomic mass is 19.4. The van der Waals surface area contributed by atoms with Crippen molar-refractivity contribution in [2.45, 2.75) is 25.2 Å². The van der Waals surface area contributed by atoms with E-state index in [1.165, 1.54) is 0 Å². The molecule has 1 rings (SSSR count). The van der Waals surface area contributed by atoms with Crippen LogP contribution in [-0.4, -0.2) is 107 Å². The Balaban J connectivity index is 3.16. The van der Waals surface area contributed by atoms with Crippen LogP contribution in [0, 0.1) is 10.4 Å². The summed E-state index contributed by atoms with van der Waals surface area (Å²) in [6.07, 6.45) is -13.5. The van der Waals surface area contributed by atoms with Crippen molar-refractivity contribution in [1.29, 1.82) is 0 Å². The van der Waals surface area contributed by atoms with Crippen molar-refractivity contribution in [3.63, 3.8) is 0 Å². The van der Waals surface area contributed by atoms with Crippen molar-refractivity contribution in [1.82, 2.24) is 19.7 Å². The molecule has 18 heteroatoms. The van der Waals surface area contributed by atoms with Gasteiger partial charge in [-0.2, -0.15) is 26.3 Å². The Morgan fingerprint density at radius 3 is 1.52 bits per heavy atom. The Morgan fingerprint density at radius 1 is 0.697 bits per heavy atom. The summed E-state index contributed by atoms with van der Waals surface area (Å²) < 4.78 is 90.5. The Morgan fingerprint density at radius 2 is 1.09 bits per heavy atom. The third-order valence-corrected chi connectivity index (χ3v) is 4.59. The zero-order valence-corrected chi connectivity index (χ0v) is 16.9. The summed E-state index contributed by atoms with van der Waals surface area (Å²) >= 11 is 0. The van der Waals surface area contributed by atoms with Gasteiger partial charge in [-0.15, -0.1) is 9.40 Å². The number of hydrogen-bond donors (Lipinski definition) is 0. The van der Waals surface area contributed by atoms with Gasteiger partial charge in [-0.25, -0.2) is 4.79 Å². The van der Waals surface area contributed by atoms with Crippen LogP contribution in [0.2, 0.25) is 0 Å². The van der Waals surface area contributed by atoms with Gasteiger partial charge in [0.2, 0.25) is 0 Å². The minimum atomic E-state index is -5.34. The smallest absolute Gasteiger partial charge is 0.471 e. The summed E-state index contributed by atoms with van der Waals surface area (Å²) in [5.41, 5.74) is 0. The minimum Gasteiger partial charge on any atom is -0.737 e. The summed E-state index contributed by atoms with van der Waals surface area (Å²) in [5, 5.41) is 24.7. The molecule has 0 N–H and O–H groups in total. The van der Waals surface area contributed by atoms with Crippen molar-refractivity contribution >= 4 is 18.0 Å². The average Bonchev–Trinajstić information content (AvgIpc) is 2.71. The van der Waals surface area contributed by atoms with Crippen molar-refractivity contribution in [2.75, 3.05) is 52.4 Å². The van der Waals surface area contributed by atoms with Crippen LogP contribution in [0.1, 0.15) is 12.8 Å². The van der Waals surface area contributed by atoms with Gasteiger partial charge in [-0.1, -0.05) is 0 Å². The largest absolute Gasteiger partial charge is 0.737 e. The highest BCUT2D eigenvalue weighted by molar-refractivity contribution is 5.82. The molecule has 0 bridgehead atoms. The predicted octanol–water partition coefficient (Wildman–Crippen LogP) is 1.63. The first-order valence-electron chi connectivity index (χ1n) is 9.40. The zero-order chi connectivity index (χ0) is 25.4. The minimum absolute atomic E-state index is 0.194. The lowest BCUT2D eigenvalue weighted by molar-refractivity contribution is -0.690. The molecule has 0 saturated carbocycles. The van der Waals surface area contributed by atoms with Crippen molar-refractivity contribution in [3.8, 4) is 0 Å². The van der Waals surface area contributed by atoms with Gasteiger partial charge in [0.25, 0.3) is 0 Å². The van der Waals surface area contributed by atoms with Gasteiger partial charge in [0.15, 0.2) is 0 Å². The summed E-state index contributed by atoms with van der Waals surface area (Å²) in [6, 6.07) is 0. The van der Waals surface area contributed by atoms with Crippen LogP contribution in [0.25, 0.3) is 0 Å². The average molecular weight is 497 g/mol. The highest BCUT2D eigenvalue weighted by Gasteiger charge is 2.44. The molecular weight excluding hydrogens is 477 g/mol. The molecule has 1 saturated heterocycles. The number of alkyl halides is 6. The SMILES string of the molecule is O=C(F)N1CCCN(/[N+]([O-])=N/[O-])CCN(C(=O)C(F)(F)F)CCCN(C(=O)C(F)(F)F)CC1. The molecule has 33 heavy (non-hydrogen) atoms. The molecule has 11 nitrogen and oxygen atoms in total. The Labute approximate surface area is 182 Å². The first-order valence-corrected chi connectivity index (χ1v) is 9.40. The lowest BCUT2D eigenvalue weighted by Crippen LogP contribution is -2.49. The van der Waals surface area contributed by atoms with Crippen LogP contribution in [0.4, 0.5) is 35.5 Å². The maximum Gasteiger partial charge on any atom is 0.471 e. The summed E-state index contributed by atoms with van der Waals surface area (Å²) in [5.74, 6) is -4.69. The molecule has 0 atom stereocenters. The van der Waals surface area contributed by atoms with E-state index in [0.717, 1.165) is 0 Å². The Hall–Kier alpha value is -3.08. The van der Waals surface area contributed by atoms with Gasteiger partial charge >= 0.3 is 30.3 Å². The van der Waals surface area contributed by atoms with Gasteiger partial charge in [0, 0.05) is 44.2 Å².